The molecule has 0 radical (unpaired) electrons. The first-order valence-corrected chi connectivity index (χ1v) is 5.32. The highest BCUT2D eigenvalue weighted by Gasteiger charge is 2.31. The van der Waals surface area contributed by atoms with Gasteiger partial charge in [0.25, 0.3) is 0 Å². The van der Waals surface area contributed by atoms with E-state index in [-0.39, 0.29) is 5.82 Å². The standard InChI is InChI=1S/C13H17F/c1-13(2)8-7-11(9-13)10-3-5-12(14)6-4-10/h3-6,11H,7-9H2,1-2H3. The summed E-state index contributed by atoms with van der Waals surface area (Å²) in [4.78, 5) is 0. The van der Waals surface area contributed by atoms with Gasteiger partial charge in [0.05, 0.1) is 0 Å². The molecule has 76 valence electrons. The zero-order chi connectivity index (χ0) is 10.2. The average Bonchev–Trinajstić information content (AvgIpc) is 2.47. The van der Waals surface area contributed by atoms with Crippen LogP contribution in [0.3, 0.4) is 0 Å². The lowest BCUT2D eigenvalue weighted by molar-refractivity contribution is 0.376. The summed E-state index contributed by atoms with van der Waals surface area (Å²) in [6, 6.07) is 7.00. The summed E-state index contributed by atoms with van der Waals surface area (Å²) < 4.78 is 12.7. The van der Waals surface area contributed by atoms with Crippen LogP contribution in [0.2, 0.25) is 0 Å². The summed E-state index contributed by atoms with van der Waals surface area (Å²) in [6.45, 7) is 4.63. The third-order valence-electron chi connectivity index (χ3n) is 3.31. The molecule has 1 fully saturated rings. The molecule has 0 bridgehead atoms. The molecule has 14 heavy (non-hydrogen) atoms. The van der Waals surface area contributed by atoms with E-state index >= 15 is 0 Å². The third-order valence-corrected chi connectivity index (χ3v) is 3.31. The fraction of sp³-hybridized carbons (Fsp3) is 0.538. The summed E-state index contributed by atoms with van der Waals surface area (Å²) >= 11 is 0. The first-order valence-electron chi connectivity index (χ1n) is 5.32. The van der Waals surface area contributed by atoms with Crippen LogP contribution < -0.4 is 0 Å². The van der Waals surface area contributed by atoms with Gasteiger partial charge in [-0.1, -0.05) is 26.0 Å². The first kappa shape index (κ1) is 9.70. The van der Waals surface area contributed by atoms with Crippen molar-refractivity contribution in [3.8, 4) is 0 Å². The Morgan fingerprint density at radius 2 is 1.86 bits per heavy atom. The van der Waals surface area contributed by atoms with Crippen molar-refractivity contribution in [3.63, 3.8) is 0 Å². The van der Waals surface area contributed by atoms with Gasteiger partial charge in [-0.25, -0.2) is 4.39 Å². The smallest absolute Gasteiger partial charge is 0.123 e. The van der Waals surface area contributed by atoms with Crippen molar-refractivity contribution in [2.45, 2.75) is 39.0 Å². The molecular formula is C13H17F. The van der Waals surface area contributed by atoms with Crippen molar-refractivity contribution in [2.24, 2.45) is 5.41 Å². The van der Waals surface area contributed by atoms with Gasteiger partial charge in [-0.2, -0.15) is 0 Å². The molecule has 0 N–H and O–H groups in total. The van der Waals surface area contributed by atoms with Gasteiger partial charge in [-0.05, 0) is 48.3 Å². The van der Waals surface area contributed by atoms with Crippen LogP contribution in [0.4, 0.5) is 4.39 Å². The van der Waals surface area contributed by atoms with Gasteiger partial charge in [0, 0.05) is 0 Å². The number of rotatable bonds is 1. The van der Waals surface area contributed by atoms with Crippen molar-refractivity contribution in [1.82, 2.24) is 0 Å². The van der Waals surface area contributed by atoms with Crippen molar-refractivity contribution >= 4 is 0 Å². The second-order valence-corrected chi connectivity index (χ2v) is 5.16. The molecular weight excluding hydrogens is 175 g/mol. The van der Waals surface area contributed by atoms with E-state index in [1.807, 2.05) is 12.1 Å². The Kier molecular flexibility index (Phi) is 2.34. The fourth-order valence-corrected chi connectivity index (χ4v) is 2.46. The summed E-state index contributed by atoms with van der Waals surface area (Å²) in [7, 11) is 0. The molecule has 1 saturated carbocycles. The zero-order valence-electron chi connectivity index (χ0n) is 8.89. The predicted octanol–water partition coefficient (Wildman–Crippen LogP) is 4.12. The molecule has 1 atom stereocenters. The molecule has 0 amide bonds. The maximum atomic E-state index is 12.7. The van der Waals surface area contributed by atoms with Gasteiger partial charge >= 0.3 is 0 Å². The lowest BCUT2D eigenvalue weighted by atomic mass is 9.88. The molecule has 0 aliphatic heterocycles. The number of halogens is 1. The Hall–Kier alpha value is -0.850. The van der Waals surface area contributed by atoms with Crippen LogP contribution in [0.1, 0.15) is 44.6 Å². The van der Waals surface area contributed by atoms with Gasteiger partial charge < -0.3 is 0 Å². The molecule has 0 spiro atoms. The quantitative estimate of drug-likeness (QED) is 0.628. The zero-order valence-corrected chi connectivity index (χ0v) is 8.89. The monoisotopic (exact) mass is 192 g/mol. The summed E-state index contributed by atoms with van der Waals surface area (Å²) in [5.74, 6) is 0.511. The molecule has 0 nitrogen and oxygen atoms in total. The largest absolute Gasteiger partial charge is 0.207 e. The molecule has 1 aromatic carbocycles. The van der Waals surface area contributed by atoms with Crippen LogP contribution in [-0.4, -0.2) is 0 Å². The highest BCUT2D eigenvalue weighted by molar-refractivity contribution is 5.22. The van der Waals surface area contributed by atoms with Crippen LogP contribution in [0.15, 0.2) is 24.3 Å². The number of hydrogen-bond donors (Lipinski definition) is 0. The second-order valence-electron chi connectivity index (χ2n) is 5.16. The van der Waals surface area contributed by atoms with Gasteiger partial charge in [-0.3, -0.25) is 0 Å². The minimum Gasteiger partial charge on any atom is -0.207 e. The molecule has 1 aliphatic carbocycles. The normalized spacial score (nSPS) is 25.2. The summed E-state index contributed by atoms with van der Waals surface area (Å²) in [6.07, 6.45) is 3.77. The van der Waals surface area contributed by atoms with Gasteiger partial charge in [0.1, 0.15) is 5.82 Å². The third kappa shape index (κ3) is 1.97. The van der Waals surface area contributed by atoms with Crippen molar-refractivity contribution < 1.29 is 4.39 Å². The van der Waals surface area contributed by atoms with Crippen LogP contribution >= 0.6 is 0 Å². The fourth-order valence-electron chi connectivity index (χ4n) is 2.46. The van der Waals surface area contributed by atoms with Crippen LogP contribution in [0.5, 0.6) is 0 Å². The molecule has 1 heteroatoms. The van der Waals surface area contributed by atoms with Gasteiger partial charge in [-0.15, -0.1) is 0 Å². The van der Waals surface area contributed by atoms with E-state index < -0.39 is 0 Å². The van der Waals surface area contributed by atoms with E-state index in [1.165, 1.54) is 24.8 Å². The highest BCUT2D eigenvalue weighted by atomic mass is 19.1. The molecule has 1 aromatic rings. The molecule has 0 heterocycles. The lowest BCUT2D eigenvalue weighted by Crippen LogP contribution is -2.04. The first-order chi connectivity index (χ1) is 6.57. The van der Waals surface area contributed by atoms with Crippen LogP contribution in [0, 0.1) is 11.2 Å². The maximum absolute atomic E-state index is 12.7. The van der Waals surface area contributed by atoms with E-state index in [9.17, 15) is 4.39 Å². The van der Waals surface area contributed by atoms with E-state index in [2.05, 4.69) is 13.8 Å². The topological polar surface area (TPSA) is 0 Å². The van der Waals surface area contributed by atoms with E-state index in [0.29, 0.717) is 11.3 Å². The van der Waals surface area contributed by atoms with Gasteiger partial charge in [0.15, 0.2) is 0 Å². The Labute approximate surface area is 85.1 Å². The van der Waals surface area contributed by atoms with Crippen molar-refractivity contribution in [2.75, 3.05) is 0 Å². The minimum atomic E-state index is -0.133. The maximum Gasteiger partial charge on any atom is 0.123 e. The Balaban J connectivity index is 2.14. The predicted molar refractivity (Wildman–Crippen MR) is 56.8 cm³/mol. The van der Waals surface area contributed by atoms with E-state index in [1.54, 1.807) is 12.1 Å². The molecule has 1 unspecified atom stereocenters. The molecule has 0 aromatic heterocycles. The molecule has 1 aliphatic rings. The van der Waals surface area contributed by atoms with E-state index in [4.69, 9.17) is 0 Å². The van der Waals surface area contributed by atoms with Crippen LogP contribution in [0.25, 0.3) is 0 Å². The Morgan fingerprint density at radius 1 is 1.21 bits per heavy atom. The number of benzene rings is 1. The SMILES string of the molecule is CC1(C)CCC(c2ccc(F)cc2)C1. The lowest BCUT2D eigenvalue weighted by Gasteiger charge is -2.17. The van der Waals surface area contributed by atoms with Crippen LogP contribution in [-0.2, 0) is 0 Å². The summed E-state index contributed by atoms with van der Waals surface area (Å²) in [5.41, 5.74) is 1.77. The highest BCUT2D eigenvalue weighted by Crippen LogP contribution is 2.45. The van der Waals surface area contributed by atoms with Gasteiger partial charge in [0.2, 0.25) is 0 Å². The molecule has 0 saturated heterocycles. The van der Waals surface area contributed by atoms with Crippen molar-refractivity contribution in [1.29, 1.82) is 0 Å². The average molecular weight is 192 g/mol. The minimum absolute atomic E-state index is 0.133. The Morgan fingerprint density at radius 3 is 2.36 bits per heavy atom. The van der Waals surface area contributed by atoms with E-state index in [0.717, 1.165) is 0 Å². The number of hydrogen-bond acceptors (Lipinski definition) is 0. The molecule has 2 rings (SSSR count). The Bertz CT molecular complexity index is 311. The summed E-state index contributed by atoms with van der Waals surface area (Å²) in [5, 5.41) is 0. The second kappa shape index (κ2) is 3.38. The van der Waals surface area contributed by atoms with Crippen molar-refractivity contribution in [3.05, 3.63) is 35.6 Å².